The summed E-state index contributed by atoms with van der Waals surface area (Å²) in [7, 11) is 0. The van der Waals surface area contributed by atoms with Crippen molar-refractivity contribution in [1.82, 2.24) is 19.5 Å². The maximum absolute atomic E-state index is 9.97. The van der Waals surface area contributed by atoms with Crippen molar-refractivity contribution in [2.75, 3.05) is 12.3 Å². The van der Waals surface area contributed by atoms with Crippen LogP contribution in [0.25, 0.3) is 11.2 Å². The topological polar surface area (TPSA) is 160 Å². The predicted molar refractivity (Wildman–Crippen MR) is 73.4 cm³/mol. The molecule has 6 N–H and O–H groups in total. The van der Waals surface area contributed by atoms with Crippen LogP contribution in [0.1, 0.15) is 12.6 Å². The van der Waals surface area contributed by atoms with Crippen LogP contribution in [0.5, 0.6) is 0 Å². The van der Waals surface area contributed by atoms with Crippen LogP contribution in [0.4, 0.5) is 5.82 Å². The second-order valence-electron chi connectivity index (χ2n) is 5.18. The highest BCUT2D eigenvalue weighted by atomic mass is 16.5. The SMILES string of the molecule is Nc1ncnc2c1ncn2[C@H]1C[C@H](O)[C@@H](O)[C@@H](O)[C@@H](CO)O1. The zero-order chi connectivity index (χ0) is 15.9. The van der Waals surface area contributed by atoms with Gasteiger partial charge in [0, 0.05) is 6.42 Å². The molecule has 5 atom stereocenters. The van der Waals surface area contributed by atoms with Gasteiger partial charge >= 0.3 is 0 Å². The highest BCUT2D eigenvalue weighted by Gasteiger charge is 2.39. The minimum absolute atomic E-state index is 0.00983. The highest BCUT2D eigenvalue weighted by Crippen LogP contribution is 2.29. The summed E-state index contributed by atoms with van der Waals surface area (Å²) >= 11 is 0. The van der Waals surface area contributed by atoms with E-state index < -0.39 is 37.3 Å². The van der Waals surface area contributed by atoms with Gasteiger partial charge in [0.2, 0.25) is 0 Å². The summed E-state index contributed by atoms with van der Waals surface area (Å²) in [4.78, 5) is 12.0. The number of aromatic nitrogens is 4. The highest BCUT2D eigenvalue weighted by molar-refractivity contribution is 5.81. The maximum atomic E-state index is 9.97. The number of ether oxygens (including phenoxy) is 1. The number of anilines is 1. The molecular weight excluding hydrogens is 294 g/mol. The molecule has 0 saturated carbocycles. The van der Waals surface area contributed by atoms with E-state index in [-0.39, 0.29) is 12.2 Å². The number of aliphatic hydroxyl groups is 4. The molecule has 0 spiro atoms. The average Bonchev–Trinajstić information content (AvgIpc) is 2.91. The second kappa shape index (κ2) is 5.74. The van der Waals surface area contributed by atoms with Crippen LogP contribution in [0.3, 0.4) is 0 Å². The molecule has 1 fully saturated rings. The van der Waals surface area contributed by atoms with E-state index in [0.29, 0.717) is 11.2 Å². The molecule has 2 aromatic heterocycles. The van der Waals surface area contributed by atoms with E-state index in [2.05, 4.69) is 15.0 Å². The Morgan fingerprint density at radius 3 is 2.73 bits per heavy atom. The van der Waals surface area contributed by atoms with Crippen molar-refractivity contribution in [1.29, 1.82) is 0 Å². The molecule has 3 rings (SSSR count). The Balaban J connectivity index is 2.00. The van der Waals surface area contributed by atoms with Crippen molar-refractivity contribution >= 4 is 17.0 Å². The number of hydrogen-bond acceptors (Lipinski definition) is 9. The number of aliphatic hydroxyl groups excluding tert-OH is 4. The van der Waals surface area contributed by atoms with Crippen molar-refractivity contribution in [3.8, 4) is 0 Å². The second-order valence-corrected chi connectivity index (χ2v) is 5.18. The minimum Gasteiger partial charge on any atom is -0.394 e. The van der Waals surface area contributed by atoms with Gasteiger partial charge in [0.1, 0.15) is 36.4 Å². The van der Waals surface area contributed by atoms with Gasteiger partial charge in [0.25, 0.3) is 0 Å². The fourth-order valence-corrected chi connectivity index (χ4v) is 2.54. The lowest BCUT2D eigenvalue weighted by molar-refractivity contribution is -0.130. The van der Waals surface area contributed by atoms with Gasteiger partial charge in [-0.3, -0.25) is 4.57 Å². The summed E-state index contributed by atoms with van der Waals surface area (Å²) in [6.45, 7) is -0.509. The first-order valence-electron chi connectivity index (χ1n) is 6.76. The average molecular weight is 311 g/mol. The smallest absolute Gasteiger partial charge is 0.167 e. The number of hydrogen-bond donors (Lipinski definition) is 5. The van der Waals surface area contributed by atoms with E-state index in [9.17, 15) is 20.4 Å². The van der Waals surface area contributed by atoms with Gasteiger partial charge in [-0.25, -0.2) is 15.0 Å². The van der Waals surface area contributed by atoms with Crippen molar-refractivity contribution in [3.63, 3.8) is 0 Å². The minimum atomic E-state index is -1.42. The zero-order valence-corrected chi connectivity index (χ0v) is 11.5. The van der Waals surface area contributed by atoms with E-state index >= 15 is 0 Å². The Kier molecular flexibility index (Phi) is 3.93. The Hall–Kier alpha value is -1.85. The zero-order valence-electron chi connectivity index (χ0n) is 11.5. The van der Waals surface area contributed by atoms with E-state index in [1.165, 1.54) is 17.2 Å². The molecule has 1 aliphatic heterocycles. The standard InChI is InChI=1S/C12H17N5O5/c13-11-8-12(15-3-14-11)17(4-16-8)7-1-5(19)9(20)10(21)6(2-18)22-7/h3-7,9-10,18-21H,1-2H2,(H2,13,14,15)/t5-,6+,7+,9+,10-/m0/s1. The van der Waals surface area contributed by atoms with E-state index in [1.54, 1.807) is 0 Å². The van der Waals surface area contributed by atoms with Gasteiger partial charge in [-0.05, 0) is 0 Å². The molecule has 0 bridgehead atoms. The molecule has 0 aromatic carbocycles. The normalized spacial score (nSPS) is 33.0. The number of fused-ring (bicyclic) bond motifs is 1. The van der Waals surface area contributed by atoms with E-state index in [4.69, 9.17) is 10.5 Å². The van der Waals surface area contributed by atoms with E-state index in [0.717, 1.165) is 0 Å². The van der Waals surface area contributed by atoms with Crippen LogP contribution in [-0.2, 0) is 4.74 Å². The molecule has 1 aliphatic rings. The molecular formula is C12H17N5O5. The van der Waals surface area contributed by atoms with Crippen LogP contribution in [-0.4, -0.2) is 71.0 Å². The summed E-state index contributed by atoms with van der Waals surface area (Å²) in [6, 6.07) is 0. The molecule has 0 unspecified atom stereocenters. The molecule has 2 aromatic rings. The molecule has 0 radical (unpaired) electrons. The lowest BCUT2D eigenvalue weighted by atomic mass is 10.0. The first kappa shape index (κ1) is 15.1. The first-order chi connectivity index (χ1) is 10.5. The lowest BCUT2D eigenvalue weighted by Gasteiger charge is -2.24. The molecule has 3 heterocycles. The van der Waals surface area contributed by atoms with Gasteiger partial charge < -0.3 is 30.9 Å². The summed E-state index contributed by atoms with van der Waals surface area (Å²) in [5.41, 5.74) is 6.49. The van der Waals surface area contributed by atoms with Gasteiger partial charge in [-0.1, -0.05) is 0 Å². The van der Waals surface area contributed by atoms with Gasteiger partial charge in [-0.15, -0.1) is 0 Å². The third-order valence-corrected chi connectivity index (χ3v) is 3.78. The Bertz CT molecular complexity index is 664. The molecule has 10 heteroatoms. The fourth-order valence-electron chi connectivity index (χ4n) is 2.54. The molecule has 120 valence electrons. The first-order valence-corrected chi connectivity index (χ1v) is 6.76. The van der Waals surface area contributed by atoms with Crippen molar-refractivity contribution < 1.29 is 25.2 Å². The maximum Gasteiger partial charge on any atom is 0.167 e. The van der Waals surface area contributed by atoms with Gasteiger partial charge in [0.05, 0.1) is 19.0 Å². The summed E-state index contributed by atoms with van der Waals surface area (Å²) in [6.07, 6.45) is -3.19. The summed E-state index contributed by atoms with van der Waals surface area (Å²) in [5, 5.41) is 39.0. The Labute approximate surface area is 124 Å². The number of nitrogens with zero attached hydrogens (tertiary/aromatic N) is 4. The van der Waals surface area contributed by atoms with Crippen LogP contribution in [0.2, 0.25) is 0 Å². The lowest BCUT2D eigenvalue weighted by Crippen LogP contribution is -2.44. The van der Waals surface area contributed by atoms with E-state index in [1.807, 2.05) is 0 Å². The van der Waals surface area contributed by atoms with Crippen LogP contribution >= 0.6 is 0 Å². The van der Waals surface area contributed by atoms with Crippen LogP contribution in [0.15, 0.2) is 12.7 Å². The van der Waals surface area contributed by atoms with Gasteiger partial charge in [-0.2, -0.15) is 0 Å². The summed E-state index contributed by atoms with van der Waals surface area (Å²) in [5.74, 6) is 0.205. The third kappa shape index (κ3) is 2.40. The van der Waals surface area contributed by atoms with Crippen molar-refractivity contribution in [2.45, 2.75) is 37.1 Å². The quantitative estimate of drug-likeness (QED) is 0.413. The van der Waals surface area contributed by atoms with Crippen molar-refractivity contribution in [2.24, 2.45) is 0 Å². The molecule has 0 aliphatic carbocycles. The number of nitrogens with two attached hydrogens (primary N) is 1. The van der Waals surface area contributed by atoms with Crippen molar-refractivity contribution in [3.05, 3.63) is 12.7 Å². The Morgan fingerprint density at radius 2 is 2.00 bits per heavy atom. The predicted octanol–water partition coefficient (Wildman–Crippen LogP) is -2.23. The molecule has 10 nitrogen and oxygen atoms in total. The largest absolute Gasteiger partial charge is 0.394 e. The molecule has 22 heavy (non-hydrogen) atoms. The third-order valence-electron chi connectivity index (χ3n) is 3.78. The molecule has 0 amide bonds. The number of rotatable bonds is 2. The van der Waals surface area contributed by atoms with Gasteiger partial charge in [0.15, 0.2) is 11.5 Å². The molecule has 1 saturated heterocycles. The number of imidazole rings is 1. The fraction of sp³-hybridized carbons (Fsp3) is 0.583. The number of nitrogen functional groups attached to an aromatic ring is 1. The summed E-state index contributed by atoms with van der Waals surface area (Å²) < 4.78 is 7.13. The van der Waals surface area contributed by atoms with Crippen LogP contribution in [0, 0.1) is 0 Å². The van der Waals surface area contributed by atoms with Crippen LogP contribution < -0.4 is 5.73 Å². The Morgan fingerprint density at radius 1 is 1.23 bits per heavy atom. The monoisotopic (exact) mass is 311 g/mol.